The van der Waals surface area contributed by atoms with E-state index in [4.69, 9.17) is 0 Å². The molecule has 1 rings (SSSR count). The van der Waals surface area contributed by atoms with Crippen molar-refractivity contribution in [3.8, 4) is 0 Å². The monoisotopic (exact) mass is 283 g/mol. The molecule has 0 unspecified atom stereocenters. The molecule has 0 saturated heterocycles. The van der Waals surface area contributed by atoms with Gasteiger partial charge in [-0.25, -0.2) is 0 Å². The molecule has 0 aromatic carbocycles. The smallest absolute Gasteiger partial charge is 0.0110 e. The summed E-state index contributed by atoms with van der Waals surface area (Å²) < 4.78 is 0. The lowest BCUT2D eigenvalue weighted by atomic mass is 10.1. The maximum absolute atomic E-state index is 3.63. The molecular formula is C17H37N3. The van der Waals surface area contributed by atoms with Crippen molar-refractivity contribution in [3.63, 3.8) is 0 Å². The van der Waals surface area contributed by atoms with Gasteiger partial charge in [0.25, 0.3) is 0 Å². The van der Waals surface area contributed by atoms with Gasteiger partial charge in [0.05, 0.1) is 0 Å². The maximum atomic E-state index is 3.63. The first-order valence-corrected chi connectivity index (χ1v) is 8.84. The van der Waals surface area contributed by atoms with Gasteiger partial charge in [0.2, 0.25) is 0 Å². The van der Waals surface area contributed by atoms with E-state index in [9.17, 15) is 0 Å². The Bertz CT molecular complexity index is 220. The summed E-state index contributed by atoms with van der Waals surface area (Å²) in [5.41, 5.74) is 0. The lowest BCUT2D eigenvalue weighted by molar-refractivity contribution is 0.177. The standard InChI is InChI=1S/C17H37N3/c1-5-19(6-2)13-11-18-12-14-20(15-16(3)4)17-9-7-8-10-17/h16-18H,5-15H2,1-4H3. The van der Waals surface area contributed by atoms with E-state index in [0.717, 1.165) is 25.0 Å². The van der Waals surface area contributed by atoms with E-state index in [1.165, 1.54) is 58.4 Å². The van der Waals surface area contributed by atoms with Crippen LogP contribution in [0.15, 0.2) is 0 Å². The molecule has 1 saturated carbocycles. The Kier molecular flexibility index (Phi) is 9.49. The molecule has 1 aliphatic rings. The predicted molar refractivity (Wildman–Crippen MR) is 89.3 cm³/mol. The number of nitrogens with zero attached hydrogens (tertiary/aromatic N) is 2. The Morgan fingerprint density at radius 3 is 2.15 bits per heavy atom. The van der Waals surface area contributed by atoms with Gasteiger partial charge in [-0.05, 0) is 31.8 Å². The third-order valence-electron chi connectivity index (χ3n) is 4.52. The van der Waals surface area contributed by atoms with Gasteiger partial charge in [0.1, 0.15) is 0 Å². The molecule has 120 valence electrons. The van der Waals surface area contributed by atoms with Crippen LogP contribution in [-0.4, -0.2) is 61.7 Å². The van der Waals surface area contributed by atoms with Crippen molar-refractivity contribution in [2.75, 3.05) is 45.8 Å². The molecule has 3 heteroatoms. The summed E-state index contributed by atoms with van der Waals surface area (Å²) in [4.78, 5) is 5.22. The van der Waals surface area contributed by atoms with Crippen molar-refractivity contribution in [2.24, 2.45) is 5.92 Å². The Morgan fingerprint density at radius 2 is 1.60 bits per heavy atom. The molecule has 0 spiro atoms. The van der Waals surface area contributed by atoms with Gasteiger partial charge in [-0.1, -0.05) is 40.5 Å². The van der Waals surface area contributed by atoms with Crippen molar-refractivity contribution in [1.29, 1.82) is 0 Å². The fourth-order valence-corrected chi connectivity index (χ4v) is 3.29. The van der Waals surface area contributed by atoms with Crippen molar-refractivity contribution < 1.29 is 0 Å². The van der Waals surface area contributed by atoms with Crippen LogP contribution in [0.1, 0.15) is 53.4 Å². The molecule has 0 heterocycles. The quantitative estimate of drug-likeness (QED) is 0.588. The van der Waals surface area contributed by atoms with E-state index in [1.807, 2.05) is 0 Å². The molecule has 0 radical (unpaired) electrons. The molecule has 1 fully saturated rings. The molecule has 3 nitrogen and oxygen atoms in total. The SMILES string of the molecule is CCN(CC)CCNCCN(CC(C)C)C1CCCC1. The minimum atomic E-state index is 0.784. The number of hydrogen-bond acceptors (Lipinski definition) is 3. The van der Waals surface area contributed by atoms with Crippen LogP contribution < -0.4 is 5.32 Å². The number of hydrogen-bond donors (Lipinski definition) is 1. The molecule has 0 atom stereocenters. The van der Waals surface area contributed by atoms with Gasteiger partial charge >= 0.3 is 0 Å². The van der Waals surface area contributed by atoms with Crippen LogP contribution in [0.25, 0.3) is 0 Å². The van der Waals surface area contributed by atoms with Crippen LogP contribution in [0.5, 0.6) is 0 Å². The fourth-order valence-electron chi connectivity index (χ4n) is 3.29. The molecule has 1 aliphatic carbocycles. The third kappa shape index (κ3) is 7.05. The zero-order valence-electron chi connectivity index (χ0n) is 14.3. The molecule has 0 aromatic heterocycles. The lowest BCUT2D eigenvalue weighted by Crippen LogP contribution is -2.42. The maximum Gasteiger partial charge on any atom is 0.0110 e. The summed E-state index contributed by atoms with van der Waals surface area (Å²) in [5.74, 6) is 0.784. The van der Waals surface area contributed by atoms with Crippen molar-refractivity contribution in [1.82, 2.24) is 15.1 Å². The zero-order chi connectivity index (χ0) is 14.8. The predicted octanol–water partition coefficient (Wildman–Crippen LogP) is 2.82. The second-order valence-corrected chi connectivity index (χ2v) is 6.60. The highest BCUT2D eigenvalue weighted by atomic mass is 15.2. The first-order valence-electron chi connectivity index (χ1n) is 8.84. The van der Waals surface area contributed by atoms with Gasteiger partial charge in [-0.15, -0.1) is 0 Å². The van der Waals surface area contributed by atoms with Crippen LogP contribution in [-0.2, 0) is 0 Å². The minimum absolute atomic E-state index is 0.784. The van der Waals surface area contributed by atoms with Crippen LogP contribution >= 0.6 is 0 Å². The number of likely N-dealkylation sites (N-methyl/N-ethyl adjacent to an activating group) is 1. The summed E-state index contributed by atoms with van der Waals surface area (Å²) in [7, 11) is 0. The topological polar surface area (TPSA) is 18.5 Å². The summed E-state index contributed by atoms with van der Waals surface area (Å²) in [6.45, 7) is 17.4. The second-order valence-electron chi connectivity index (χ2n) is 6.60. The van der Waals surface area contributed by atoms with E-state index in [0.29, 0.717) is 0 Å². The minimum Gasteiger partial charge on any atom is -0.314 e. The van der Waals surface area contributed by atoms with Crippen LogP contribution in [0, 0.1) is 5.92 Å². The van der Waals surface area contributed by atoms with Crippen molar-refractivity contribution in [2.45, 2.75) is 59.4 Å². The molecule has 0 bridgehead atoms. The number of rotatable bonds is 11. The molecule has 1 N–H and O–H groups in total. The van der Waals surface area contributed by atoms with E-state index < -0.39 is 0 Å². The molecule has 0 aromatic rings. The van der Waals surface area contributed by atoms with Crippen LogP contribution in [0.2, 0.25) is 0 Å². The summed E-state index contributed by atoms with van der Waals surface area (Å²) in [5, 5.41) is 3.63. The highest BCUT2D eigenvalue weighted by Gasteiger charge is 2.22. The average molecular weight is 284 g/mol. The second kappa shape index (κ2) is 10.6. The Labute approximate surface area is 127 Å². The molecule has 0 aliphatic heterocycles. The Morgan fingerprint density at radius 1 is 1.00 bits per heavy atom. The fraction of sp³-hybridized carbons (Fsp3) is 1.00. The lowest BCUT2D eigenvalue weighted by Gasteiger charge is -2.30. The van der Waals surface area contributed by atoms with Gasteiger partial charge < -0.3 is 10.2 Å². The molecular weight excluding hydrogens is 246 g/mol. The average Bonchev–Trinajstić information content (AvgIpc) is 2.95. The normalized spacial score (nSPS) is 16.9. The van der Waals surface area contributed by atoms with Gasteiger partial charge in [0.15, 0.2) is 0 Å². The van der Waals surface area contributed by atoms with E-state index >= 15 is 0 Å². The van der Waals surface area contributed by atoms with E-state index in [-0.39, 0.29) is 0 Å². The molecule has 20 heavy (non-hydrogen) atoms. The van der Waals surface area contributed by atoms with Gasteiger partial charge in [0, 0.05) is 38.8 Å². The number of nitrogens with one attached hydrogen (secondary N) is 1. The van der Waals surface area contributed by atoms with Crippen molar-refractivity contribution in [3.05, 3.63) is 0 Å². The third-order valence-corrected chi connectivity index (χ3v) is 4.52. The highest BCUT2D eigenvalue weighted by molar-refractivity contribution is 4.78. The first kappa shape index (κ1) is 17.9. The largest absolute Gasteiger partial charge is 0.314 e. The zero-order valence-corrected chi connectivity index (χ0v) is 14.3. The van der Waals surface area contributed by atoms with E-state index in [2.05, 4.69) is 42.8 Å². The van der Waals surface area contributed by atoms with Crippen LogP contribution in [0.4, 0.5) is 0 Å². The Balaban J connectivity index is 2.17. The summed E-state index contributed by atoms with van der Waals surface area (Å²) in [6.07, 6.45) is 5.72. The Hall–Kier alpha value is -0.120. The highest BCUT2D eigenvalue weighted by Crippen LogP contribution is 2.23. The van der Waals surface area contributed by atoms with Crippen LogP contribution in [0.3, 0.4) is 0 Å². The van der Waals surface area contributed by atoms with Gasteiger partial charge in [-0.3, -0.25) is 4.90 Å². The summed E-state index contributed by atoms with van der Waals surface area (Å²) in [6, 6.07) is 0.863. The summed E-state index contributed by atoms with van der Waals surface area (Å²) >= 11 is 0. The van der Waals surface area contributed by atoms with Crippen molar-refractivity contribution >= 4 is 0 Å². The first-order chi connectivity index (χ1) is 9.67. The van der Waals surface area contributed by atoms with Gasteiger partial charge in [-0.2, -0.15) is 0 Å². The molecule has 0 amide bonds. The van der Waals surface area contributed by atoms with E-state index in [1.54, 1.807) is 0 Å².